The van der Waals surface area contributed by atoms with Crippen LogP contribution in [0, 0.1) is 11.3 Å². The average molecular weight is 279 g/mol. The van der Waals surface area contributed by atoms with E-state index in [4.69, 9.17) is 5.73 Å². The molecule has 0 saturated carbocycles. The maximum Gasteiger partial charge on any atom is 0.0839 e. The molecule has 0 bridgehead atoms. The fraction of sp³-hybridized carbons (Fsp3) is 0.278. The molecule has 2 N–H and O–H groups in total. The zero-order chi connectivity index (χ0) is 14.9. The average Bonchev–Trinajstić information content (AvgIpc) is 2.54. The number of benzene rings is 2. The van der Waals surface area contributed by atoms with E-state index in [1.165, 1.54) is 5.56 Å². The van der Waals surface area contributed by atoms with Crippen molar-refractivity contribution in [2.45, 2.75) is 12.5 Å². The highest BCUT2D eigenvalue weighted by Gasteiger charge is 2.15. The van der Waals surface area contributed by atoms with Crippen molar-refractivity contribution < 1.29 is 0 Å². The molecule has 0 radical (unpaired) electrons. The minimum atomic E-state index is -0.124. The third-order valence-corrected chi connectivity index (χ3v) is 3.49. The van der Waals surface area contributed by atoms with Crippen LogP contribution >= 0.6 is 0 Å². The molecule has 0 aliphatic carbocycles. The highest BCUT2D eigenvalue weighted by atomic mass is 15.1. The lowest BCUT2D eigenvalue weighted by atomic mass is 10.00. The summed E-state index contributed by atoms with van der Waals surface area (Å²) in [6, 6.07) is 22.7. The molecule has 0 heterocycles. The van der Waals surface area contributed by atoms with Crippen LogP contribution in [0.4, 0.5) is 0 Å². The van der Waals surface area contributed by atoms with Crippen LogP contribution in [-0.2, 0) is 6.54 Å². The second kappa shape index (κ2) is 8.21. The summed E-state index contributed by atoms with van der Waals surface area (Å²) in [4.78, 5) is 2.25. The van der Waals surface area contributed by atoms with E-state index in [9.17, 15) is 5.26 Å². The second-order valence-electron chi connectivity index (χ2n) is 5.10. The van der Waals surface area contributed by atoms with Crippen LogP contribution in [-0.4, -0.2) is 24.5 Å². The zero-order valence-electron chi connectivity index (χ0n) is 12.2. The first-order chi connectivity index (χ1) is 10.3. The molecule has 108 valence electrons. The molecule has 0 fully saturated rings. The summed E-state index contributed by atoms with van der Waals surface area (Å²) in [6.07, 6.45) is 0. The fourth-order valence-corrected chi connectivity index (χ4v) is 2.42. The summed E-state index contributed by atoms with van der Waals surface area (Å²) < 4.78 is 0. The minimum Gasteiger partial charge on any atom is -0.329 e. The van der Waals surface area contributed by atoms with E-state index < -0.39 is 0 Å². The molecule has 0 aliphatic rings. The van der Waals surface area contributed by atoms with E-state index in [2.05, 4.69) is 23.1 Å². The largest absolute Gasteiger partial charge is 0.329 e. The normalized spacial score (nSPS) is 12.0. The first-order valence-corrected chi connectivity index (χ1v) is 7.24. The molecule has 0 aromatic heterocycles. The third-order valence-electron chi connectivity index (χ3n) is 3.49. The maximum atomic E-state index is 9.45. The second-order valence-corrected chi connectivity index (χ2v) is 5.10. The quantitative estimate of drug-likeness (QED) is 0.848. The lowest BCUT2D eigenvalue weighted by Crippen LogP contribution is -2.32. The third kappa shape index (κ3) is 4.71. The van der Waals surface area contributed by atoms with Crippen molar-refractivity contribution in [3.05, 3.63) is 71.8 Å². The molecule has 2 aromatic rings. The summed E-state index contributed by atoms with van der Waals surface area (Å²) in [6.45, 7) is 2.91. The topological polar surface area (TPSA) is 53.0 Å². The van der Waals surface area contributed by atoms with Gasteiger partial charge in [0.15, 0.2) is 0 Å². The van der Waals surface area contributed by atoms with Crippen LogP contribution in [0.3, 0.4) is 0 Å². The van der Waals surface area contributed by atoms with E-state index in [0.29, 0.717) is 13.1 Å². The van der Waals surface area contributed by atoms with E-state index in [1.807, 2.05) is 48.5 Å². The SMILES string of the molecule is N#CC(CN(CCN)Cc1ccccc1)c1ccccc1. The van der Waals surface area contributed by atoms with Gasteiger partial charge in [-0.2, -0.15) is 5.26 Å². The molecule has 0 spiro atoms. The lowest BCUT2D eigenvalue weighted by Gasteiger charge is -2.24. The van der Waals surface area contributed by atoms with Crippen LogP contribution in [0.2, 0.25) is 0 Å². The van der Waals surface area contributed by atoms with E-state index in [-0.39, 0.29) is 5.92 Å². The van der Waals surface area contributed by atoms with Crippen molar-refractivity contribution in [2.75, 3.05) is 19.6 Å². The first-order valence-electron chi connectivity index (χ1n) is 7.24. The standard InChI is InChI=1S/C18H21N3/c19-11-12-21(14-16-7-3-1-4-8-16)15-18(13-20)17-9-5-2-6-10-17/h1-10,18H,11-12,14-15,19H2. The molecule has 0 saturated heterocycles. The lowest BCUT2D eigenvalue weighted by molar-refractivity contribution is 0.268. The van der Waals surface area contributed by atoms with Crippen molar-refractivity contribution >= 4 is 0 Å². The number of rotatable bonds is 7. The zero-order valence-corrected chi connectivity index (χ0v) is 12.2. The maximum absolute atomic E-state index is 9.45. The molecular formula is C18H21N3. The van der Waals surface area contributed by atoms with Gasteiger partial charge < -0.3 is 5.73 Å². The Morgan fingerprint density at radius 1 is 1.00 bits per heavy atom. The molecule has 0 aliphatic heterocycles. The molecule has 2 rings (SSSR count). The molecule has 0 amide bonds. The Morgan fingerprint density at radius 2 is 1.62 bits per heavy atom. The molecule has 1 unspecified atom stereocenters. The Bertz CT molecular complexity index is 560. The Hall–Kier alpha value is -2.15. The number of nitriles is 1. The monoisotopic (exact) mass is 279 g/mol. The minimum absolute atomic E-state index is 0.124. The molecule has 21 heavy (non-hydrogen) atoms. The Balaban J connectivity index is 2.06. The van der Waals surface area contributed by atoms with Crippen LogP contribution < -0.4 is 5.73 Å². The van der Waals surface area contributed by atoms with Gasteiger partial charge in [0, 0.05) is 26.2 Å². The summed E-state index contributed by atoms with van der Waals surface area (Å²) in [5, 5.41) is 9.45. The summed E-state index contributed by atoms with van der Waals surface area (Å²) in [5.41, 5.74) is 8.03. The summed E-state index contributed by atoms with van der Waals surface area (Å²) in [7, 11) is 0. The van der Waals surface area contributed by atoms with Gasteiger partial charge >= 0.3 is 0 Å². The molecule has 1 atom stereocenters. The van der Waals surface area contributed by atoms with Crippen molar-refractivity contribution in [3.63, 3.8) is 0 Å². The van der Waals surface area contributed by atoms with Gasteiger partial charge in [-0.05, 0) is 11.1 Å². The molecule has 2 aromatic carbocycles. The van der Waals surface area contributed by atoms with Crippen LogP contribution in [0.15, 0.2) is 60.7 Å². The fourth-order valence-electron chi connectivity index (χ4n) is 2.42. The van der Waals surface area contributed by atoms with Crippen LogP contribution in [0.1, 0.15) is 17.0 Å². The first kappa shape index (κ1) is 15.2. The van der Waals surface area contributed by atoms with Gasteiger partial charge in [0.2, 0.25) is 0 Å². The predicted octanol–water partition coefficient (Wildman–Crippen LogP) is 2.75. The van der Waals surface area contributed by atoms with E-state index in [0.717, 1.165) is 18.7 Å². The van der Waals surface area contributed by atoms with Gasteiger partial charge in [-0.1, -0.05) is 60.7 Å². The van der Waals surface area contributed by atoms with Gasteiger partial charge in [-0.25, -0.2) is 0 Å². The molecule has 3 nitrogen and oxygen atoms in total. The summed E-state index contributed by atoms with van der Waals surface area (Å²) in [5.74, 6) is -0.124. The van der Waals surface area contributed by atoms with Gasteiger partial charge in [-0.3, -0.25) is 4.90 Å². The van der Waals surface area contributed by atoms with Gasteiger partial charge in [-0.15, -0.1) is 0 Å². The van der Waals surface area contributed by atoms with Crippen LogP contribution in [0.5, 0.6) is 0 Å². The predicted molar refractivity (Wildman–Crippen MR) is 85.6 cm³/mol. The van der Waals surface area contributed by atoms with Crippen LogP contribution in [0.25, 0.3) is 0 Å². The van der Waals surface area contributed by atoms with Gasteiger partial charge in [0.1, 0.15) is 0 Å². The van der Waals surface area contributed by atoms with Crippen molar-refractivity contribution in [1.82, 2.24) is 4.90 Å². The highest BCUT2D eigenvalue weighted by Crippen LogP contribution is 2.17. The molecular weight excluding hydrogens is 258 g/mol. The number of nitrogens with two attached hydrogens (primary N) is 1. The Morgan fingerprint density at radius 3 is 2.19 bits per heavy atom. The molecule has 3 heteroatoms. The van der Waals surface area contributed by atoms with E-state index in [1.54, 1.807) is 0 Å². The van der Waals surface area contributed by atoms with Gasteiger partial charge in [0.05, 0.1) is 12.0 Å². The summed E-state index contributed by atoms with van der Waals surface area (Å²) >= 11 is 0. The Kier molecular flexibility index (Phi) is 5.96. The van der Waals surface area contributed by atoms with Crippen molar-refractivity contribution in [2.24, 2.45) is 5.73 Å². The number of hydrogen-bond donors (Lipinski definition) is 1. The van der Waals surface area contributed by atoms with E-state index >= 15 is 0 Å². The van der Waals surface area contributed by atoms with Crippen molar-refractivity contribution in [1.29, 1.82) is 5.26 Å². The number of hydrogen-bond acceptors (Lipinski definition) is 3. The Labute approximate surface area is 126 Å². The van der Waals surface area contributed by atoms with Gasteiger partial charge in [0.25, 0.3) is 0 Å². The smallest absolute Gasteiger partial charge is 0.0839 e. The highest BCUT2D eigenvalue weighted by molar-refractivity contribution is 5.25. The van der Waals surface area contributed by atoms with Crippen molar-refractivity contribution in [3.8, 4) is 6.07 Å². The number of nitrogens with zero attached hydrogens (tertiary/aromatic N) is 2.